The maximum absolute atomic E-state index is 8.74. The molecule has 0 aliphatic heterocycles. The van der Waals surface area contributed by atoms with Gasteiger partial charge in [0.05, 0.1) is 0 Å². The molecule has 0 saturated carbocycles. The van der Waals surface area contributed by atoms with Gasteiger partial charge in [-0.15, -0.1) is 0 Å². The molecular weight excluding hydrogens is 707 g/mol. The van der Waals surface area contributed by atoms with Crippen LogP contribution in [0.5, 0.6) is 0 Å². The van der Waals surface area contributed by atoms with E-state index < -0.39 is 21.5 Å². The summed E-state index contributed by atoms with van der Waals surface area (Å²) in [4.78, 5) is 0. The van der Waals surface area contributed by atoms with Crippen molar-refractivity contribution in [2.24, 2.45) is 5.92 Å². The van der Waals surface area contributed by atoms with Crippen LogP contribution >= 0.6 is 17.0 Å². The number of allylic oxidation sites excluding steroid dienone is 2. The standard InChI is InChI=1S/C23H21.C18H17.C2H7Si.2ClH.Zr/c1-14-12-21-16(3)15(2)17(4)23(22(21)13-14)20-11-7-9-18-8-5-6-10-19(18)20;1-13(2)16-11-15-9-6-10-17(18(15)12-16)14-7-4-3-5-8-14;1-3-2;;;/h5-13H,1-4H3;3-13H,1-2H3;3H,1-2H3;2*1H;/q;;;;;+2/p-2. The second-order valence-electron chi connectivity index (χ2n) is 14.7. The van der Waals surface area contributed by atoms with Crippen molar-refractivity contribution in [3.63, 3.8) is 0 Å². The fourth-order valence-corrected chi connectivity index (χ4v) is 41.2. The first kappa shape index (κ1) is 33.0. The van der Waals surface area contributed by atoms with Gasteiger partial charge in [0.2, 0.25) is 0 Å². The summed E-state index contributed by atoms with van der Waals surface area (Å²) in [5.41, 5.74) is 17.4. The molecule has 4 heteroatoms. The van der Waals surface area contributed by atoms with Gasteiger partial charge in [-0.3, -0.25) is 0 Å². The maximum atomic E-state index is 8.74. The van der Waals surface area contributed by atoms with Crippen molar-refractivity contribution in [2.75, 3.05) is 0 Å². The summed E-state index contributed by atoms with van der Waals surface area (Å²) in [7, 11) is 17.5. The molecule has 47 heavy (non-hydrogen) atoms. The Labute approximate surface area is 290 Å². The molecule has 0 nitrogen and oxygen atoms in total. The molecule has 0 N–H and O–H groups in total. The molecule has 0 radical (unpaired) electrons. The molecule has 2 aliphatic carbocycles. The summed E-state index contributed by atoms with van der Waals surface area (Å²) in [5.74, 6) is -1.33. The van der Waals surface area contributed by atoms with Crippen molar-refractivity contribution >= 4 is 45.9 Å². The van der Waals surface area contributed by atoms with E-state index in [1.54, 1.807) is 0 Å². The predicted molar refractivity (Wildman–Crippen MR) is 208 cm³/mol. The Morgan fingerprint density at radius 1 is 0.638 bits per heavy atom. The molecule has 2 atom stereocenters. The number of rotatable bonds is 6. The van der Waals surface area contributed by atoms with E-state index in [9.17, 15) is 0 Å². The second kappa shape index (κ2) is 11.8. The monoisotopic (exact) mass is 749 g/mol. The van der Waals surface area contributed by atoms with Gasteiger partial charge in [-0.25, -0.2) is 0 Å². The third-order valence-corrected chi connectivity index (χ3v) is 63.6. The molecule has 239 valence electrons. The minimum absolute atomic E-state index is 0.0629. The first-order valence-corrected chi connectivity index (χ1v) is 33.4. The Bertz CT molecular complexity index is 2130. The van der Waals surface area contributed by atoms with Crippen LogP contribution in [0, 0.1) is 26.7 Å². The van der Waals surface area contributed by atoms with Crippen molar-refractivity contribution in [3.05, 3.63) is 141 Å². The van der Waals surface area contributed by atoms with E-state index >= 15 is 0 Å². The van der Waals surface area contributed by atoms with Crippen molar-refractivity contribution in [2.45, 2.75) is 61.9 Å². The molecule has 5 aromatic carbocycles. The Kier molecular flexibility index (Phi) is 8.32. The molecular formula is C43H45Cl2SiZr. The molecule has 0 bridgehead atoms. The van der Waals surface area contributed by atoms with Crippen molar-refractivity contribution in [1.29, 1.82) is 0 Å². The molecule has 0 heterocycles. The van der Waals surface area contributed by atoms with Gasteiger partial charge in [0.15, 0.2) is 0 Å². The summed E-state index contributed by atoms with van der Waals surface area (Å²) in [6, 6.07) is 33.2. The van der Waals surface area contributed by atoms with Gasteiger partial charge >= 0.3 is 293 Å². The van der Waals surface area contributed by atoms with E-state index in [4.69, 9.17) is 17.0 Å². The van der Waals surface area contributed by atoms with Gasteiger partial charge in [0.1, 0.15) is 0 Å². The third-order valence-electron chi connectivity index (χ3n) is 11.7. The van der Waals surface area contributed by atoms with Crippen molar-refractivity contribution in [3.8, 4) is 22.3 Å². The Hall–Kier alpha value is -2.48. The summed E-state index contributed by atoms with van der Waals surface area (Å²) in [6.45, 7) is 18.8. The molecule has 0 saturated heterocycles. The van der Waals surface area contributed by atoms with Crippen LogP contribution in [0.2, 0.25) is 13.1 Å². The van der Waals surface area contributed by atoms with Gasteiger partial charge in [-0.1, -0.05) is 0 Å². The summed E-state index contributed by atoms with van der Waals surface area (Å²) in [5, 5.41) is 2.56. The molecule has 2 aliphatic rings. The van der Waals surface area contributed by atoms with E-state index in [2.05, 4.69) is 158 Å². The van der Waals surface area contributed by atoms with Gasteiger partial charge in [-0.05, 0) is 0 Å². The number of hydrogen-bond donors (Lipinski definition) is 0. The van der Waals surface area contributed by atoms with E-state index in [0.717, 1.165) is 0 Å². The Morgan fingerprint density at radius 2 is 1.28 bits per heavy atom. The molecule has 7 rings (SSSR count). The average Bonchev–Trinajstić information content (AvgIpc) is 3.64. The average molecular weight is 752 g/mol. The first-order chi connectivity index (χ1) is 22.4. The van der Waals surface area contributed by atoms with Crippen molar-refractivity contribution in [1.82, 2.24) is 0 Å². The van der Waals surface area contributed by atoms with E-state index in [-0.39, 0.29) is 7.25 Å². The topological polar surface area (TPSA) is 0 Å². The van der Waals surface area contributed by atoms with Crippen molar-refractivity contribution < 1.29 is 15.6 Å². The summed E-state index contributed by atoms with van der Waals surface area (Å²) >= 11 is -4.90. The molecule has 0 spiro atoms. The zero-order valence-corrected chi connectivity index (χ0v) is 34.0. The fraction of sp³-hybridized carbons (Fsp3) is 0.256. The second-order valence-corrected chi connectivity index (χ2v) is 57.2. The normalized spacial score (nSPS) is 18.3. The zero-order chi connectivity index (χ0) is 33.4. The summed E-state index contributed by atoms with van der Waals surface area (Å²) in [6.07, 6.45) is 4.95. The third kappa shape index (κ3) is 4.84. The van der Waals surface area contributed by atoms with Crippen LogP contribution in [0.3, 0.4) is 0 Å². The Morgan fingerprint density at radius 3 is 1.98 bits per heavy atom. The molecule has 0 amide bonds. The van der Waals surface area contributed by atoms with Crippen LogP contribution in [0.25, 0.3) is 45.2 Å². The van der Waals surface area contributed by atoms with Gasteiger partial charge < -0.3 is 0 Å². The van der Waals surface area contributed by atoms with Crippen LogP contribution in [0.4, 0.5) is 0 Å². The SMILES string of the molecule is CC1=Cc2c(-c3cccc4ccccc34)c(C)c(C)c(C)c2[CH]1[Zr]([Cl])([Cl])([CH]1C(C(C)C)=Cc2c(-c3ccccc3)cccc21)[SiH](C)C. The quantitative estimate of drug-likeness (QED) is 0.152. The first-order valence-electron chi connectivity index (χ1n) is 17.1. The van der Waals surface area contributed by atoms with Crippen LogP contribution in [0.1, 0.15) is 67.0 Å². The van der Waals surface area contributed by atoms with Gasteiger partial charge in [0.25, 0.3) is 0 Å². The van der Waals surface area contributed by atoms with Crippen LogP contribution in [-0.4, -0.2) is 5.92 Å². The molecule has 0 aromatic heterocycles. The Balaban J connectivity index is 1.52. The molecule has 5 aromatic rings. The number of benzene rings is 5. The molecule has 0 fully saturated rings. The van der Waals surface area contributed by atoms with Crippen LogP contribution < -0.4 is 0 Å². The summed E-state index contributed by atoms with van der Waals surface area (Å²) < 4.78 is 0.138. The fourth-order valence-electron chi connectivity index (χ4n) is 9.02. The van der Waals surface area contributed by atoms with E-state index in [1.165, 1.54) is 83.1 Å². The predicted octanol–water partition coefficient (Wildman–Crippen LogP) is 13.3. The molecule has 2 unspecified atom stereocenters. The van der Waals surface area contributed by atoms with Gasteiger partial charge in [0, 0.05) is 0 Å². The zero-order valence-electron chi connectivity index (χ0n) is 28.9. The number of hydrogen-bond acceptors (Lipinski definition) is 0. The van der Waals surface area contributed by atoms with E-state index in [1.807, 2.05) is 0 Å². The number of halogens is 2. The van der Waals surface area contributed by atoms with Crippen LogP contribution in [-0.2, 0) is 15.6 Å². The number of fused-ring (bicyclic) bond motifs is 3. The van der Waals surface area contributed by atoms with E-state index in [0.29, 0.717) is 5.92 Å². The van der Waals surface area contributed by atoms with Gasteiger partial charge in [-0.2, -0.15) is 0 Å². The minimum atomic E-state index is -4.90. The van der Waals surface area contributed by atoms with Crippen LogP contribution in [0.15, 0.2) is 102 Å².